The van der Waals surface area contributed by atoms with Crippen LogP contribution in [0.4, 0.5) is 8.78 Å². The molecular formula is C14H15BrClF2NO. The van der Waals surface area contributed by atoms with E-state index in [0.29, 0.717) is 12.5 Å². The van der Waals surface area contributed by atoms with Gasteiger partial charge in [-0.25, -0.2) is 8.78 Å². The van der Waals surface area contributed by atoms with E-state index < -0.39 is 23.1 Å². The fourth-order valence-corrected chi connectivity index (χ4v) is 3.06. The van der Waals surface area contributed by atoms with E-state index >= 15 is 0 Å². The standard InChI is InChI=1S/C14H15BrClF2NO/c15-9-5-11(17)13(12(18)6-9)14(20)19-7-8-1-3-10(16)4-2-8/h5-6,8,10H,1-4,7H2,(H,19,20). The molecule has 20 heavy (non-hydrogen) atoms. The smallest absolute Gasteiger partial charge is 0.257 e. The van der Waals surface area contributed by atoms with Crippen LogP contribution in [0.3, 0.4) is 0 Å². The van der Waals surface area contributed by atoms with E-state index in [1.165, 1.54) is 0 Å². The molecule has 2 nitrogen and oxygen atoms in total. The van der Waals surface area contributed by atoms with Crippen LogP contribution in [0.5, 0.6) is 0 Å². The van der Waals surface area contributed by atoms with Crippen LogP contribution in [0.1, 0.15) is 36.0 Å². The highest BCUT2D eigenvalue weighted by molar-refractivity contribution is 9.10. The van der Waals surface area contributed by atoms with Crippen LogP contribution in [0.2, 0.25) is 0 Å². The van der Waals surface area contributed by atoms with Crippen molar-refractivity contribution >= 4 is 33.4 Å². The van der Waals surface area contributed by atoms with Crippen LogP contribution < -0.4 is 5.32 Å². The van der Waals surface area contributed by atoms with E-state index in [4.69, 9.17) is 11.6 Å². The van der Waals surface area contributed by atoms with Gasteiger partial charge in [0.1, 0.15) is 17.2 Å². The zero-order chi connectivity index (χ0) is 14.7. The lowest BCUT2D eigenvalue weighted by atomic mass is 9.89. The first-order chi connectivity index (χ1) is 9.47. The lowest BCUT2D eigenvalue weighted by molar-refractivity contribution is 0.0935. The molecule has 0 spiro atoms. The third-order valence-electron chi connectivity index (χ3n) is 3.56. The highest BCUT2D eigenvalue weighted by atomic mass is 79.9. The fourth-order valence-electron chi connectivity index (χ4n) is 2.41. The second kappa shape index (κ2) is 6.85. The molecule has 1 N–H and O–H groups in total. The number of carbonyl (C=O) groups is 1. The normalized spacial score (nSPS) is 22.6. The molecule has 1 fully saturated rings. The van der Waals surface area contributed by atoms with Crippen molar-refractivity contribution in [2.24, 2.45) is 5.92 Å². The van der Waals surface area contributed by atoms with Crippen LogP contribution in [0.25, 0.3) is 0 Å². The second-order valence-electron chi connectivity index (χ2n) is 5.07. The Hall–Kier alpha value is -0.680. The van der Waals surface area contributed by atoms with Crippen LogP contribution in [0, 0.1) is 17.6 Å². The Labute approximate surface area is 130 Å². The third-order valence-corrected chi connectivity index (χ3v) is 4.46. The summed E-state index contributed by atoms with van der Waals surface area (Å²) in [7, 11) is 0. The minimum Gasteiger partial charge on any atom is -0.352 e. The monoisotopic (exact) mass is 365 g/mol. The van der Waals surface area contributed by atoms with Crippen LogP contribution >= 0.6 is 27.5 Å². The SMILES string of the molecule is O=C(NCC1CCC(Cl)CC1)c1c(F)cc(Br)cc1F. The van der Waals surface area contributed by atoms with Crippen molar-refractivity contribution in [3.05, 3.63) is 33.8 Å². The molecule has 6 heteroatoms. The van der Waals surface area contributed by atoms with Gasteiger partial charge in [0.15, 0.2) is 0 Å². The Morgan fingerprint density at radius 3 is 2.35 bits per heavy atom. The Kier molecular flexibility index (Phi) is 5.38. The van der Waals surface area contributed by atoms with Crippen molar-refractivity contribution < 1.29 is 13.6 Å². The molecule has 2 rings (SSSR count). The van der Waals surface area contributed by atoms with Gasteiger partial charge < -0.3 is 5.32 Å². The van der Waals surface area contributed by atoms with Crippen LogP contribution in [-0.2, 0) is 0 Å². The summed E-state index contributed by atoms with van der Waals surface area (Å²) in [6.45, 7) is 0.428. The van der Waals surface area contributed by atoms with Crippen molar-refractivity contribution in [3.63, 3.8) is 0 Å². The van der Waals surface area contributed by atoms with E-state index in [9.17, 15) is 13.6 Å². The molecule has 1 aliphatic rings. The predicted molar refractivity (Wildman–Crippen MR) is 78.0 cm³/mol. The van der Waals surface area contributed by atoms with Gasteiger partial charge in [0.2, 0.25) is 0 Å². The molecule has 1 aromatic carbocycles. The largest absolute Gasteiger partial charge is 0.352 e. The van der Waals surface area contributed by atoms with Gasteiger partial charge >= 0.3 is 0 Å². The molecule has 1 aliphatic carbocycles. The first-order valence-electron chi connectivity index (χ1n) is 6.54. The summed E-state index contributed by atoms with van der Waals surface area (Å²) in [5, 5.41) is 2.82. The summed E-state index contributed by atoms with van der Waals surface area (Å²) in [4.78, 5) is 11.9. The lowest BCUT2D eigenvalue weighted by Crippen LogP contribution is -2.32. The topological polar surface area (TPSA) is 29.1 Å². The zero-order valence-corrected chi connectivity index (χ0v) is 13.1. The summed E-state index contributed by atoms with van der Waals surface area (Å²) in [5.74, 6) is -2.10. The maximum Gasteiger partial charge on any atom is 0.257 e. The number of benzene rings is 1. The van der Waals surface area contributed by atoms with Gasteiger partial charge in [-0.15, -0.1) is 11.6 Å². The lowest BCUT2D eigenvalue weighted by Gasteiger charge is -2.25. The molecule has 0 saturated heterocycles. The predicted octanol–water partition coefficient (Wildman–Crippen LogP) is 4.25. The summed E-state index contributed by atoms with van der Waals surface area (Å²) >= 11 is 8.99. The van der Waals surface area contributed by atoms with Gasteiger partial charge in [0, 0.05) is 16.4 Å². The molecule has 0 heterocycles. The average Bonchev–Trinajstić information content (AvgIpc) is 2.37. The number of nitrogens with one attached hydrogen (secondary N) is 1. The summed E-state index contributed by atoms with van der Waals surface area (Å²) in [6.07, 6.45) is 3.70. The Balaban J connectivity index is 1.95. The Morgan fingerprint density at radius 1 is 1.25 bits per heavy atom. The van der Waals surface area contributed by atoms with E-state index in [-0.39, 0.29) is 9.85 Å². The minimum absolute atomic E-state index is 0.211. The van der Waals surface area contributed by atoms with Crippen molar-refractivity contribution in [1.82, 2.24) is 5.32 Å². The molecule has 0 atom stereocenters. The Bertz CT molecular complexity index is 481. The average molecular weight is 367 g/mol. The fraction of sp³-hybridized carbons (Fsp3) is 0.500. The van der Waals surface area contributed by atoms with Crippen LogP contribution in [-0.4, -0.2) is 17.8 Å². The van der Waals surface area contributed by atoms with E-state index in [1.54, 1.807) is 0 Å². The van der Waals surface area contributed by atoms with Crippen molar-refractivity contribution in [2.45, 2.75) is 31.1 Å². The zero-order valence-electron chi connectivity index (χ0n) is 10.8. The van der Waals surface area contributed by atoms with Crippen molar-refractivity contribution in [2.75, 3.05) is 6.54 Å². The Morgan fingerprint density at radius 2 is 1.80 bits per heavy atom. The van der Waals surface area contributed by atoms with E-state index in [1.807, 2.05) is 0 Å². The number of hydrogen-bond donors (Lipinski definition) is 1. The van der Waals surface area contributed by atoms with E-state index in [2.05, 4.69) is 21.2 Å². The van der Waals surface area contributed by atoms with Crippen molar-refractivity contribution in [1.29, 1.82) is 0 Å². The summed E-state index contributed by atoms with van der Waals surface area (Å²) in [5.41, 5.74) is -0.528. The van der Waals surface area contributed by atoms with Gasteiger partial charge in [-0.2, -0.15) is 0 Å². The molecule has 0 aromatic heterocycles. The van der Waals surface area contributed by atoms with Gasteiger partial charge in [0.25, 0.3) is 5.91 Å². The second-order valence-corrected chi connectivity index (χ2v) is 6.61. The molecule has 0 bridgehead atoms. The number of amides is 1. The highest BCUT2D eigenvalue weighted by Gasteiger charge is 2.22. The number of rotatable bonds is 3. The van der Waals surface area contributed by atoms with Crippen LogP contribution in [0.15, 0.2) is 16.6 Å². The molecule has 1 aromatic rings. The van der Waals surface area contributed by atoms with Gasteiger partial charge in [-0.1, -0.05) is 15.9 Å². The van der Waals surface area contributed by atoms with Crippen molar-refractivity contribution in [3.8, 4) is 0 Å². The number of carbonyl (C=O) groups excluding carboxylic acids is 1. The first-order valence-corrected chi connectivity index (χ1v) is 7.77. The quantitative estimate of drug-likeness (QED) is 0.796. The molecule has 0 radical (unpaired) electrons. The highest BCUT2D eigenvalue weighted by Crippen LogP contribution is 2.27. The molecule has 110 valence electrons. The molecule has 1 amide bonds. The van der Waals surface area contributed by atoms with Gasteiger partial charge in [-0.05, 0) is 43.7 Å². The summed E-state index contributed by atoms with van der Waals surface area (Å²) in [6, 6.07) is 2.16. The van der Waals surface area contributed by atoms with Gasteiger partial charge in [-0.3, -0.25) is 4.79 Å². The third kappa shape index (κ3) is 3.92. The van der Waals surface area contributed by atoms with E-state index in [0.717, 1.165) is 37.8 Å². The minimum atomic E-state index is -0.862. The number of hydrogen-bond acceptors (Lipinski definition) is 1. The summed E-state index contributed by atoms with van der Waals surface area (Å²) < 4.78 is 27.5. The molecular weight excluding hydrogens is 352 g/mol. The maximum absolute atomic E-state index is 13.6. The maximum atomic E-state index is 13.6. The van der Waals surface area contributed by atoms with Gasteiger partial charge in [0.05, 0.1) is 0 Å². The first kappa shape index (κ1) is 15.7. The molecule has 1 saturated carbocycles. The number of alkyl halides is 1. The molecule has 0 unspecified atom stereocenters. The number of halogens is 4. The molecule has 0 aliphatic heterocycles.